The summed E-state index contributed by atoms with van der Waals surface area (Å²) in [5, 5.41) is 12.4. The smallest absolute Gasteiger partial charge is 0.124 e. The fourth-order valence-corrected chi connectivity index (χ4v) is 1.55. The van der Waals surface area contributed by atoms with Crippen molar-refractivity contribution in [3.63, 3.8) is 0 Å². The maximum atomic E-state index is 4.70. The molecule has 0 N–H and O–H groups in total. The van der Waals surface area contributed by atoms with E-state index in [2.05, 4.69) is 15.4 Å². The Morgan fingerprint density at radius 2 is 2.38 bits per heavy atom. The van der Waals surface area contributed by atoms with Crippen molar-refractivity contribution >= 4 is 11.8 Å². The van der Waals surface area contributed by atoms with Gasteiger partial charge in [-0.05, 0) is 12.1 Å². The van der Waals surface area contributed by atoms with Crippen LogP contribution in [0, 0.1) is 0 Å². The predicted octanol–water partition coefficient (Wildman–Crippen LogP) is 1.76. The molecule has 0 amide bonds. The third-order valence-corrected chi connectivity index (χ3v) is 2.36. The summed E-state index contributed by atoms with van der Waals surface area (Å²) >= 11 is 1.58. The van der Waals surface area contributed by atoms with Crippen LogP contribution in [-0.4, -0.2) is 15.4 Å². The lowest BCUT2D eigenvalue weighted by atomic mass is 10.5. The van der Waals surface area contributed by atoms with E-state index in [1.165, 1.54) is 0 Å². The summed E-state index contributed by atoms with van der Waals surface area (Å²) in [4.78, 5) is 0. The summed E-state index contributed by atoms with van der Waals surface area (Å²) in [6.45, 7) is 0. The molecule has 0 saturated heterocycles. The van der Waals surface area contributed by atoms with E-state index in [9.17, 15) is 0 Å². The van der Waals surface area contributed by atoms with Crippen molar-refractivity contribution in [1.29, 1.82) is 0 Å². The second-order valence-electron chi connectivity index (χ2n) is 2.34. The van der Waals surface area contributed by atoms with Gasteiger partial charge in [0.2, 0.25) is 0 Å². The molecule has 5 heteroatoms. The van der Waals surface area contributed by atoms with E-state index in [1.54, 1.807) is 24.2 Å². The van der Waals surface area contributed by atoms with Crippen molar-refractivity contribution in [3.8, 4) is 0 Å². The Hall–Kier alpha value is -1.36. The molecule has 0 aliphatic carbocycles. The van der Waals surface area contributed by atoms with Crippen molar-refractivity contribution in [2.24, 2.45) is 0 Å². The zero-order chi connectivity index (χ0) is 8.93. The minimum absolute atomic E-state index is 0.759. The maximum Gasteiger partial charge on any atom is 0.124 e. The molecule has 2 aromatic heterocycles. The average molecular weight is 193 g/mol. The maximum absolute atomic E-state index is 4.70. The minimum atomic E-state index is 0.759. The van der Waals surface area contributed by atoms with Gasteiger partial charge in [0.05, 0.1) is 5.69 Å². The molecule has 0 spiro atoms. The normalized spacial score (nSPS) is 10.2. The van der Waals surface area contributed by atoms with Crippen molar-refractivity contribution in [2.45, 2.75) is 10.8 Å². The number of thioether (sulfide) groups is 1. The van der Waals surface area contributed by atoms with Crippen molar-refractivity contribution in [2.75, 3.05) is 0 Å². The highest BCUT2D eigenvalue weighted by Crippen LogP contribution is 2.18. The highest BCUT2D eigenvalue weighted by atomic mass is 32.2. The molecule has 0 saturated carbocycles. The molecule has 13 heavy (non-hydrogen) atoms. The molecule has 0 aromatic carbocycles. The van der Waals surface area contributed by atoms with Gasteiger partial charge < -0.3 is 4.52 Å². The second kappa shape index (κ2) is 4.04. The van der Waals surface area contributed by atoms with E-state index in [0.29, 0.717) is 0 Å². The largest absolute Gasteiger partial charge is 0.364 e. The van der Waals surface area contributed by atoms with E-state index in [-0.39, 0.29) is 0 Å². The Balaban J connectivity index is 1.94. The van der Waals surface area contributed by atoms with Crippen LogP contribution in [0.4, 0.5) is 0 Å². The van der Waals surface area contributed by atoms with Crippen molar-refractivity contribution in [1.82, 2.24) is 15.4 Å². The molecule has 66 valence electrons. The van der Waals surface area contributed by atoms with Crippen molar-refractivity contribution in [3.05, 3.63) is 36.4 Å². The van der Waals surface area contributed by atoms with Gasteiger partial charge in [-0.2, -0.15) is 5.10 Å². The molecule has 2 aromatic rings. The summed E-state index contributed by atoms with van der Waals surface area (Å²) in [6.07, 6.45) is 3.22. The van der Waals surface area contributed by atoms with E-state index in [1.807, 2.05) is 18.2 Å². The number of nitrogens with zero attached hydrogens (tertiary/aromatic N) is 3. The lowest BCUT2D eigenvalue weighted by Crippen LogP contribution is -1.84. The lowest BCUT2D eigenvalue weighted by molar-refractivity contribution is 0.414. The zero-order valence-electron chi connectivity index (χ0n) is 6.75. The first-order valence-corrected chi connectivity index (χ1v) is 4.73. The third kappa shape index (κ3) is 2.29. The van der Waals surface area contributed by atoms with Gasteiger partial charge in [-0.3, -0.25) is 0 Å². The van der Waals surface area contributed by atoms with E-state index in [4.69, 9.17) is 4.52 Å². The van der Waals surface area contributed by atoms with Gasteiger partial charge in [-0.1, -0.05) is 16.9 Å². The van der Waals surface area contributed by atoms with Gasteiger partial charge in [0, 0.05) is 18.0 Å². The first-order chi connectivity index (χ1) is 6.45. The molecule has 0 aliphatic rings. The van der Waals surface area contributed by atoms with Gasteiger partial charge in [0.15, 0.2) is 0 Å². The van der Waals surface area contributed by atoms with E-state index in [0.717, 1.165) is 16.5 Å². The van der Waals surface area contributed by atoms with Crippen LogP contribution in [0.3, 0.4) is 0 Å². The Bertz CT molecular complexity index is 349. The van der Waals surface area contributed by atoms with Crippen LogP contribution in [0.15, 0.2) is 40.2 Å². The van der Waals surface area contributed by atoms with Crippen LogP contribution in [0.2, 0.25) is 0 Å². The molecule has 0 fully saturated rings. The van der Waals surface area contributed by atoms with Crippen LogP contribution in [0.5, 0.6) is 0 Å². The van der Waals surface area contributed by atoms with Crippen LogP contribution in [-0.2, 0) is 5.75 Å². The van der Waals surface area contributed by atoms with Crippen LogP contribution in [0.25, 0.3) is 0 Å². The summed E-state index contributed by atoms with van der Waals surface area (Å²) in [5.41, 5.74) is 0.913. The van der Waals surface area contributed by atoms with Crippen LogP contribution >= 0.6 is 11.8 Å². The molecule has 0 unspecified atom stereocenters. The molecule has 0 bridgehead atoms. The van der Waals surface area contributed by atoms with Crippen LogP contribution < -0.4 is 0 Å². The third-order valence-electron chi connectivity index (χ3n) is 1.41. The fourth-order valence-electron chi connectivity index (χ4n) is 0.824. The zero-order valence-corrected chi connectivity index (χ0v) is 7.57. The highest BCUT2D eigenvalue weighted by molar-refractivity contribution is 7.98. The van der Waals surface area contributed by atoms with E-state index >= 15 is 0 Å². The van der Waals surface area contributed by atoms with Gasteiger partial charge in [0.1, 0.15) is 11.3 Å². The number of hydrogen-bond acceptors (Lipinski definition) is 5. The Morgan fingerprint density at radius 3 is 3.08 bits per heavy atom. The summed E-state index contributed by atoms with van der Waals surface area (Å²) in [7, 11) is 0. The monoisotopic (exact) mass is 193 g/mol. The molecular weight excluding hydrogens is 186 g/mol. The van der Waals surface area contributed by atoms with E-state index < -0.39 is 0 Å². The summed E-state index contributed by atoms with van der Waals surface area (Å²) < 4.78 is 4.70. The number of hydrogen-bond donors (Lipinski definition) is 0. The number of rotatable bonds is 3. The summed E-state index contributed by atoms with van der Waals surface area (Å²) in [5.74, 6) is 0.759. The first kappa shape index (κ1) is 8.25. The Labute approximate surface area is 79.3 Å². The molecule has 2 rings (SSSR count). The van der Waals surface area contributed by atoms with Crippen molar-refractivity contribution < 1.29 is 4.52 Å². The topological polar surface area (TPSA) is 51.8 Å². The summed E-state index contributed by atoms with van der Waals surface area (Å²) in [6, 6.07) is 5.61. The van der Waals surface area contributed by atoms with Gasteiger partial charge in [-0.15, -0.1) is 5.10 Å². The fraction of sp³-hybridized carbons (Fsp3) is 0.125. The highest BCUT2D eigenvalue weighted by Gasteiger charge is 1.98. The van der Waals surface area contributed by atoms with Gasteiger partial charge >= 0.3 is 0 Å². The lowest BCUT2D eigenvalue weighted by Gasteiger charge is -1.94. The molecule has 0 atom stereocenters. The minimum Gasteiger partial charge on any atom is -0.364 e. The predicted molar refractivity (Wildman–Crippen MR) is 48.1 cm³/mol. The SMILES string of the molecule is c1cnnc(SCc2ccon2)c1. The van der Waals surface area contributed by atoms with Crippen LogP contribution in [0.1, 0.15) is 5.69 Å². The molecule has 0 aliphatic heterocycles. The quantitative estimate of drug-likeness (QED) is 0.695. The number of aromatic nitrogens is 3. The first-order valence-electron chi connectivity index (χ1n) is 3.75. The molecule has 2 heterocycles. The molecule has 4 nitrogen and oxygen atoms in total. The molecule has 0 radical (unpaired) electrons. The van der Waals surface area contributed by atoms with Gasteiger partial charge in [0.25, 0.3) is 0 Å². The Kier molecular flexibility index (Phi) is 2.56. The standard InChI is InChI=1S/C8H7N3OS/c1-2-8(10-9-4-1)13-6-7-3-5-12-11-7/h1-5H,6H2. The Morgan fingerprint density at radius 1 is 1.38 bits per heavy atom. The second-order valence-corrected chi connectivity index (χ2v) is 3.34. The average Bonchev–Trinajstić information content (AvgIpc) is 2.69. The molecular formula is C8H7N3OS. The van der Waals surface area contributed by atoms with Gasteiger partial charge in [-0.25, -0.2) is 0 Å².